The average Bonchev–Trinajstić information content (AvgIpc) is 2.89. The van der Waals surface area contributed by atoms with Crippen LogP contribution in [-0.2, 0) is 0 Å². The topological polar surface area (TPSA) is 89.6 Å². The van der Waals surface area contributed by atoms with Crippen molar-refractivity contribution in [2.24, 2.45) is 0 Å². The summed E-state index contributed by atoms with van der Waals surface area (Å²) >= 11 is 0. The van der Waals surface area contributed by atoms with Crippen molar-refractivity contribution in [1.82, 2.24) is 19.9 Å². The number of aromatic nitrogens is 4. The number of hydrogen-bond donors (Lipinski definition) is 2. The molecule has 0 spiro atoms. The molecular formula is C29H22N6. The van der Waals surface area contributed by atoms with Crippen LogP contribution in [0, 0.1) is 6.92 Å². The van der Waals surface area contributed by atoms with Crippen molar-refractivity contribution >= 4 is 38.9 Å². The first-order valence-corrected chi connectivity index (χ1v) is 11.3. The zero-order chi connectivity index (χ0) is 23.8. The number of aryl methyl sites for hydroxylation is 1. The van der Waals surface area contributed by atoms with Crippen molar-refractivity contribution in [2.75, 3.05) is 11.1 Å². The van der Waals surface area contributed by atoms with Crippen LogP contribution in [0.2, 0.25) is 0 Å². The Morgan fingerprint density at radius 2 is 1.26 bits per heavy atom. The summed E-state index contributed by atoms with van der Waals surface area (Å²) in [5.74, 6) is 1.28. The van der Waals surface area contributed by atoms with Gasteiger partial charge in [0.1, 0.15) is 5.82 Å². The van der Waals surface area contributed by atoms with E-state index in [0.717, 1.165) is 55.3 Å². The minimum absolute atomic E-state index is 0.526. The molecule has 0 radical (unpaired) electrons. The van der Waals surface area contributed by atoms with E-state index in [4.69, 9.17) is 5.73 Å². The minimum Gasteiger partial charge on any atom is -0.399 e. The first-order valence-electron chi connectivity index (χ1n) is 11.3. The number of benzene rings is 4. The molecule has 3 N–H and O–H groups in total. The Bertz CT molecular complexity index is 1680. The number of hydrogen-bond acceptors (Lipinski definition) is 6. The molecule has 4 aromatic carbocycles. The number of rotatable bonds is 4. The maximum absolute atomic E-state index is 6.15. The summed E-state index contributed by atoms with van der Waals surface area (Å²) in [6, 6.07) is 24.5. The quantitative estimate of drug-likeness (QED) is 0.294. The zero-order valence-corrected chi connectivity index (χ0v) is 19.1. The Balaban J connectivity index is 1.35. The number of nitrogens with one attached hydrogen (secondary N) is 1. The van der Waals surface area contributed by atoms with Crippen molar-refractivity contribution in [1.29, 1.82) is 0 Å². The molecule has 0 unspecified atom stereocenters. The van der Waals surface area contributed by atoms with Crippen LogP contribution in [0.25, 0.3) is 43.8 Å². The fourth-order valence-electron chi connectivity index (χ4n) is 4.42. The molecule has 6 nitrogen and oxygen atoms in total. The van der Waals surface area contributed by atoms with Gasteiger partial charge in [0, 0.05) is 52.7 Å². The molecule has 0 amide bonds. The van der Waals surface area contributed by atoms with Gasteiger partial charge < -0.3 is 11.1 Å². The van der Waals surface area contributed by atoms with Crippen molar-refractivity contribution in [3.8, 4) is 22.3 Å². The van der Waals surface area contributed by atoms with Crippen molar-refractivity contribution in [2.45, 2.75) is 6.92 Å². The van der Waals surface area contributed by atoms with Crippen molar-refractivity contribution in [3.05, 3.63) is 103 Å². The Morgan fingerprint density at radius 1 is 0.629 bits per heavy atom. The van der Waals surface area contributed by atoms with Crippen LogP contribution in [0.1, 0.15) is 5.82 Å². The Kier molecular flexibility index (Phi) is 5.04. The van der Waals surface area contributed by atoms with Gasteiger partial charge >= 0.3 is 0 Å². The maximum Gasteiger partial charge on any atom is 0.227 e. The number of fused-ring (bicyclic) bond motifs is 2. The highest BCUT2D eigenvalue weighted by Gasteiger charge is 2.11. The first-order chi connectivity index (χ1) is 17.2. The number of nitrogens with two attached hydrogens (primary N) is 1. The van der Waals surface area contributed by atoms with Crippen LogP contribution in [0.5, 0.6) is 0 Å². The minimum atomic E-state index is 0.526. The lowest BCUT2D eigenvalue weighted by atomic mass is 9.99. The molecule has 0 saturated heterocycles. The molecule has 0 fully saturated rings. The lowest BCUT2D eigenvalue weighted by Gasteiger charge is -2.13. The van der Waals surface area contributed by atoms with Crippen LogP contribution in [-0.4, -0.2) is 19.9 Å². The first kappa shape index (κ1) is 20.7. The predicted octanol–water partition coefficient (Wildman–Crippen LogP) is 6.54. The molecule has 6 aromatic rings. The van der Waals surface area contributed by atoms with E-state index in [0.29, 0.717) is 11.6 Å². The molecule has 0 saturated carbocycles. The summed E-state index contributed by atoms with van der Waals surface area (Å²) < 4.78 is 0. The maximum atomic E-state index is 6.15. The smallest absolute Gasteiger partial charge is 0.227 e. The second-order valence-electron chi connectivity index (χ2n) is 8.44. The lowest BCUT2D eigenvalue weighted by molar-refractivity contribution is 1.06. The van der Waals surface area contributed by atoms with E-state index >= 15 is 0 Å². The van der Waals surface area contributed by atoms with E-state index < -0.39 is 0 Å². The van der Waals surface area contributed by atoms with Crippen LogP contribution in [0.4, 0.5) is 17.3 Å². The Morgan fingerprint density at radius 3 is 2.03 bits per heavy atom. The summed E-state index contributed by atoms with van der Waals surface area (Å²) in [7, 11) is 0. The molecule has 0 bridgehead atoms. The van der Waals surface area contributed by atoms with Crippen LogP contribution in [0.15, 0.2) is 97.6 Å². The van der Waals surface area contributed by atoms with Crippen LogP contribution < -0.4 is 11.1 Å². The van der Waals surface area contributed by atoms with Gasteiger partial charge in [0.05, 0.1) is 0 Å². The Labute approximate surface area is 202 Å². The van der Waals surface area contributed by atoms with E-state index in [1.54, 1.807) is 0 Å². The largest absolute Gasteiger partial charge is 0.399 e. The van der Waals surface area contributed by atoms with Crippen LogP contribution in [0.3, 0.4) is 0 Å². The summed E-state index contributed by atoms with van der Waals surface area (Å²) in [4.78, 5) is 17.9. The van der Waals surface area contributed by atoms with Gasteiger partial charge in [0.15, 0.2) is 0 Å². The molecule has 0 aliphatic carbocycles. The third-order valence-electron chi connectivity index (χ3n) is 6.11. The normalized spacial score (nSPS) is 11.1. The zero-order valence-electron chi connectivity index (χ0n) is 19.1. The second kappa shape index (κ2) is 8.50. The third-order valence-corrected chi connectivity index (χ3v) is 6.11. The van der Waals surface area contributed by atoms with Gasteiger partial charge in [-0.1, -0.05) is 54.6 Å². The van der Waals surface area contributed by atoms with Gasteiger partial charge in [-0.3, -0.25) is 0 Å². The van der Waals surface area contributed by atoms with Crippen molar-refractivity contribution < 1.29 is 0 Å². The molecule has 0 atom stereocenters. The molecule has 6 rings (SSSR count). The molecule has 2 aromatic heterocycles. The molecule has 35 heavy (non-hydrogen) atoms. The van der Waals surface area contributed by atoms with Crippen LogP contribution >= 0.6 is 0 Å². The second-order valence-corrected chi connectivity index (χ2v) is 8.44. The standard InChI is InChI=1S/C29H22N6/c1-18-31-14-20(15-32-18)24-10-11-28(26-9-5-4-8-25(24)26)35-29-33-16-21(17-34-29)27-13-22(30)12-19-6-2-3-7-23(19)27/h2-17H,30H2,1H3,(H,33,34,35). The highest BCUT2D eigenvalue weighted by atomic mass is 15.1. The van der Waals surface area contributed by atoms with Gasteiger partial charge in [0.25, 0.3) is 0 Å². The Hall–Kier alpha value is -4.84. The number of nitrogens with zero attached hydrogens (tertiary/aromatic N) is 4. The van der Waals surface area contributed by atoms with Gasteiger partial charge in [-0.25, -0.2) is 19.9 Å². The van der Waals surface area contributed by atoms with E-state index in [1.165, 1.54) is 0 Å². The molecule has 168 valence electrons. The number of nitrogen functional groups attached to an aromatic ring is 1. The van der Waals surface area contributed by atoms with Crippen molar-refractivity contribution in [3.63, 3.8) is 0 Å². The van der Waals surface area contributed by atoms with E-state index in [1.807, 2.05) is 74.2 Å². The summed E-state index contributed by atoms with van der Waals surface area (Å²) in [5.41, 5.74) is 11.8. The SMILES string of the molecule is Cc1ncc(-c2ccc(Nc3ncc(-c4cc(N)cc5ccccc45)cn3)c3ccccc23)cn1. The molecule has 2 heterocycles. The van der Waals surface area contributed by atoms with E-state index in [-0.39, 0.29) is 0 Å². The lowest BCUT2D eigenvalue weighted by Crippen LogP contribution is -1.98. The molecule has 6 heteroatoms. The van der Waals surface area contributed by atoms with Gasteiger partial charge in [0.2, 0.25) is 5.95 Å². The average molecular weight is 455 g/mol. The predicted molar refractivity (Wildman–Crippen MR) is 142 cm³/mol. The van der Waals surface area contributed by atoms with Gasteiger partial charge in [-0.2, -0.15) is 0 Å². The highest BCUT2D eigenvalue weighted by molar-refractivity contribution is 6.04. The third kappa shape index (κ3) is 3.91. The van der Waals surface area contributed by atoms with E-state index in [2.05, 4.69) is 55.6 Å². The molecule has 0 aliphatic rings. The monoisotopic (exact) mass is 454 g/mol. The van der Waals surface area contributed by atoms with E-state index in [9.17, 15) is 0 Å². The summed E-state index contributed by atoms with van der Waals surface area (Å²) in [6.07, 6.45) is 7.38. The molecular weight excluding hydrogens is 432 g/mol. The summed E-state index contributed by atoms with van der Waals surface area (Å²) in [5, 5.41) is 7.77. The number of anilines is 3. The highest BCUT2D eigenvalue weighted by Crippen LogP contribution is 2.34. The fraction of sp³-hybridized carbons (Fsp3) is 0.0345. The fourth-order valence-corrected chi connectivity index (χ4v) is 4.42. The van der Waals surface area contributed by atoms with Gasteiger partial charge in [-0.15, -0.1) is 0 Å². The summed E-state index contributed by atoms with van der Waals surface area (Å²) in [6.45, 7) is 1.88. The van der Waals surface area contributed by atoms with Gasteiger partial charge in [-0.05, 0) is 52.4 Å². The molecule has 0 aliphatic heterocycles.